The van der Waals surface area contributed by atoms with E-state index in [0.717, 1.165) is 0 Å². The number of nitrogens with one attached hydrogen (secondary N) is 2. The Morgan fingerprint density at radius 1 is 1.29 bits per heavy atom. The zero-order chi connectivity index (χ0) is 20.6. The monoisotopic (exact) mass is 383 g/mol. The Bertz CT molecular complexity index is 1030. The van der Waals surface area contributed by atoms with Gasteiger partial charge in [0.2, 0.25) is 5.91 Å². The third-order valence-corrected chi connectivity index (χ3v) is 4.23. The average molecular weight is 383 g/mol. The van der Waals surface area contributed by atoms with Crippen LogP contribution in [-0.2, 0) is 11.8 Å². The summed E-state index contributed by atoms with van der Waals surface area (Å²) >= 11 is 0. The molecule has 2 amide bonds. The fraction of sp³-hybridized carbons (Fsp3) is 0.400. The van der Waals surface area contributed by atoms with E-state index in [1.54, 1.807) is 43.1 Å². The molecule has 3 aromatic heterocycles. The molecule has 0 aliphatic carbocycles. The van der Waals surface area contributed by atoms with Crippen molar-refractivity contribution < 1.29 is 14.0 Å². The molecule has 0 radical (unpaired) electrons. The molecule has 3 aromatic rings. The van der Waals surface area contributed by atoms with Crippen molar-refractivity contribution >= 4 is 22.8 Å². The fourth-order valence-corrected chi connectivity index (χ4v) is 2.99. The third-order valence-electron chi connectivity index (χ3n) is 4.23. The summed E-state index contributed by atoms with van der Waals surface area (Å²) in [6.45, 7) is 9.14. The van der Waals surface area contributed by atoms with E-state index in [-0.39, 0.29) is 17.4 Å². The summed E-state index contributed by atoms with van der Waals surface area (Å²) in [5.74, 6) is -0.0680. The zero-order valence-corrected chi connectivity index (χ0v) is 17.0. The van der Waals surface area contributed by atoms with E-state index in [4.69, 9.17) is 4.42 Å². The lowest BCUT2D eigenvalue weighted by Gasteiger charge is -2.23. The molecule has 0 bridgehead atoms. The lowest BCUT2D eigenvalue weighted by molar-refractivity contribution is -0.124. The molecule has 28 heavy (non-hydrogen) atoms. The Kier molecular flexibility index (Phi) is 4.97. The van der Waals surface area contributed by atoms with Gasteiger partial charge in [-0.25, -0.2) is 4.98 Å². The van der Waals surface area contributed by atoms with Crippen molar-refractivity contribution in [1.82, 2.24) is 25.4 Å². The Balaban J connectivity index is 1.99. The average Bonchev–Trinajstić information content (AvgIpc) is 3.21. The Hall–Kier alpha value is -3.16. The van der Waals surface area contributed by atoms with Crippen molar-refractivity contribution in [3.05, 3.63) is 35.7 Å². The number of furan rings is 1. The number of amides is 2. The highest BCUT2D eigenvalue weighted by molar-refractivity contribution is 6.08. The summed E-state index contributed by atoms with van der Waals surface area (Å²) in [7, 11) is 1.77. The van der Waals surface area contributed by atoms with Gasteiger partial charge in [-0.05, 0) is 52.8 Å². The highest BCUT2D eigenvalue weighted by Crippen LogP contribution is 2.27. The molecule has 0 fully saturated rings. The topological polar surface area (TPSA) is 102 Å². The van der Waals surface area contributed by atoms with Crippen LogP contribution in [-0.4, -0.2) is 38.2 Å². The summed E-state index contributed by atoms with van der Waals surface area (Å²) in [6, 6.07) is 4.51. The second kappa shape index (κ2) is 7.10. The van der Waals surface area contributed by atoms with Crippen LogP contribution >= 0.6 is 0 Å². The smallest absolute Gasteiger partial charge is 0.252 e. The van der Waals surface area contributed by atoms with Crippen LogP contribution in [0, 0.1) is 6.92 Å². The molecule has 0 saturated carbocycles. The molecular formula is C20H25N5O3. The number of hydrogen-bond acceptors (Lipinski definition) is 5. The zero-order valence-electron chi connectivity index (χ0n) is 17.0. The number of aryl methyl sites for hydroxylation is 2. The summed E-state index contributed by atoms with van der Waals surface area (Å²) in [4.78, 5) is 30.0. The van der Waals surface area contributed by atoms with Gasteiger partial charge in [0.1, 0.15) is 11.7 Å². The van der Waals surface area contributed by atoms with E-state index >= 15 is 0 Å². The first-order valence-electron chi connectivity index (χ1n) is 9.08. The lowest BCUT2D eigenvalue weighted by atomic mass is 10.1. The van der Waals surface area contributed by atoms with E-state index in [1.807, 2.05) is 27.7 Å². The van der Waals surface area contributed by atoms with Crippen molar-refractivity contribution in [2.24, 2.45) is 7.05 Å². The fourth-order valence-electron chi connectivity index (χ4n) is 2.99. The molecule has 2 N–H and O–H groups in total. The molecule has 148 valence electrons. The van der Waals surface area contributed by atoms with Gasteiger partial charge in [0, 0.05) is 12.6 Å². The Labute approximate surface area is 163 Å². The van der Waals surface area contributed by atoms with Crippen molar-refractivity contribution in [2.45, 2.75) is 46.2 Å². The highest BCUT2D eigenvalue weighted by atomic mass is 16.3. The van der Waals surface area contributed by atoms with Gasteiger partial charge in [-0.2, -0.15) is 5.10 Å². The van der Waals surface area contributed by atoms with Crippen LogP contribution in [0.1, 0.15) is 43.7 Å². The van der Waals surface area contributed by atoms with E-state index in [2.05, 4.69) is 20.7 Å². The molecule has 3 heterocycles. The van der Waals surface area contributed by atoms with Gasteiger partial charge in [0.25, 0.3) is 5.91 Å². The van der Waals surface area contributed by atoms with Crippen LogP contribution in [0.5, 0.6) is 0 Å². The van der Waals surface area contributed by atoms with Gasteiger partial charge < -0.3 is 15.1 Å². The van der Waals surface area contributed by atoms with Gasteiger partial charge in [0.05, 0.1) is 22.9 Å². The number of nitrogens with zero attached hydrogens (tertiary/aromatic N) is 3. The van der Waals surface area contributed by atoms with Gasteiger partial charge >= 0.3 is 0 Å². The van der Waals surface area contributed by atoms with Crippen molar-refractivity contribution in [3.63, 3.8) is 0 Å². The third kappa shape index (κ3) is 3.90. The predicted octanol–water partition coefficient (Wildman–Crippen LogP) is 2.57. The van der Waals surface area contributed by atoms with Gasteiger partial charge in [-0.15, -0.1) is 0 Å². The number of carbonyl (C=O) groups is 2. The number of carbonyl (C=O) groups excluding carboxylic acids is 2. The maximum Gasteiger partial charge on any atom is 0.252 e. The van der Waals surface area contributed by atoms with Crippen LogP contribution in [0.4, 0.5) is 0 Å². The van der Waals surface area contributed by atoms with Crippen LogP contribution < -0.4 is 10.6 Å². The number of fused-ring (bicyclic) bond motifs is 1. The molecule has 3 rings (SSSR count). The summed E-state index contributed by atoms with van der Waals surface area (Å²) in [6.07, 6.45) is 1.55. The quantitative estimate of drug-likeness (QED) is 0.721. The highest BCUT2D eigenvalue weighted by Gasteiger charge is 2.24. The first-order valence-corrected chi connectivity index (χ1v) is 9.08. The minimum Gasteiger partial charge on any atom is -0.463 e. The maximum absolute atomic E-state index is 13.0. The minimum atomic E-state index is -0.695. The molecule has 0 aromatic carbocycles. The maximum atomic E-state index is 13.0. The lowest BCUT2D eigenvalue weighted by Crippen LogP contribution is -2.50. The van der Waals surface area contributed by atoms with Gasteiger partial charge in [-0.3, -0.25) is 14.3 Å². The van der Waals surface area contributed by atoms with Crippen LogP contribution in [0.25, 0.3) is 22.5 Å². The number of aromatic nitrogens is 3. The molecule has 8 nitrogen and oxygen atoms in total. The first-order chi connectivity index (χ1) is 13.1. The standard InChI is InChI=1S/C20H25N5O3/c1-11-16-13(19(27)21-12(2)18(26)23-20(3,4)5)10-14(15-8-7-9-28-15)22-17(16)25(6)24-11/h7-10,12H,1-6H3,(H,21,27)(H,23,26). The van der Waals surface area contributed by atoms with Crippen LogP contribution in [0.2, 0.25) is 0 Å². The van der Waals surface area contributed by atoms with Crippen molar-refractivity contribution in [2.75, 3.05) is 0 Å². The van der Waals surface area contributed by atoms with E-state index in [1.165, 1.54) is 0 Å². The second-order valence-electron chi connectivity index (χ2n) is 7.87. The molecule has 0 spiro atoms. The normalized spacial score (nSPS) is 12.8. The molecular weight excluding hydrogens is 358 g/mol. The minimum absolute atomic E-state index is 0.250. The molecule has 0 saturated heterocycles. The second-order valence-corrected chi connectivity index (χ2v) is 7.87. The molecule has 0 aliphatic rings. The molecule has 0 aliphatic heterocycles. The summed E-state index contributed by atoms with van der Waals surface area (Å²) in [5.41, 5.74) is 1.80. The molecule has 8 heteroatoms. The largest absolute Gasteiger partial charge is 0.463 e. The number of pyridine rings is 1. The predicted molar refractivity (Wildman–Crippen MR) is 106 cm³/mol. The summed E-state index contributed by atoms with van der Waals surface area (Å²) in [5, 5.41) is 10.7. The Morgan fingerprint density at radius 3 is 2.61 bits per heavy atom. The van der Waals surface area contributed by atoms with E-state index in [9.17, 15) is 9.59 Å². The first kappa shape index (κ1) is 19.6. The SMILES string of the molecule is Cc1nn(C)c2nc(-c3ccco3)cc(C(=O)NC(C)C(=O)NC(C)(C)C)c12. The van der Waals surface area contributed by atoms with Crippen molar-refractivity contribution in [1.29, 1.82) is 0 Å². The molecule has 1 unspecified atom stereocenters. The summed E-state index contributed by atoms with van der Waals surface area (Å²) < 4.78 is 7.06. The number of hydrogen-bond donors (Lipinski definition) is 2. The van der Waals surface area contributed by atoms with E-state index < -0.39 is 6.04 Å². The van der Waals surface area contributed by atoms with E-state index in [0.29, 0.717) is 33.7 Å². The molecule has 1 atom stereocenters. The Morgan fingerprint density at radius 2 is 2.00 bits per heavy atom. The van der Waals surface area contributed by atoms with Gasteiger partial charge in [-0.1, -0.05) is 0 Å². The van der Waals surface area contributed by atoms with Crippen LogP contribution in [0.3, 0.4) is 0 Å². The number of rotatable bonds is 4. The van der Waals surface area contributed by atoms with Crippen LogP contribution in [0.15, 0.2) is 28.9 Å². The van der Waals surface area contributed by atoms with Gasteiger partial charge in [0.15, 0.2) is 11.4 Å². The van der Waals surface area contributed by atoms with Crippen molar-refractivity contribution in [3.8, 4) is 11.5 Å².